The van der Waals surface area contributed by atoms with Gasteiger partial charge in [-0.25, -0.2) is 8.42 Å². The molecule has 24 heavy (non-hydrogen) atoms. The Hall–Kier alpha value is -1.54. The Labute approximate surface area is 145 Å². The molecule has 1 aromatic carbocycles. The molecule has 130 valence electrons. The number of thioether (sulfide) groups is 1. The smallest absolute Gasteiger partial charge is 0.312 e. The number of carbonyl (C=O) groups excluding carboxylic acids is 1. The second kappa shape index (κ2) is 6.76. The van der Waals surface area contributed by atoms with Crippen LogP contribution in [-0.4, -0.2) is 59.4 Å². The lowest BCUT2D eigenvalue weighted by molar-refractivity contribution is -0.140. The van der Waals surface area contributed by atoms with Crippen molar-refractivity contribution in [3.8, 4) is 0 Å². The molecule has 2 unspecified atom stereocenters. The van der Waals surface area contributed by atoms with Crippen molar-refractivity contribution in [1.29, 1.82) is 0 Å². The number of carbonyl (C=O) groups is 2. The van der Waals surface area contributed by atoms with Gasteiger partial charge in [-0.3, -0.25) is 9.59 Å². The van der Waals surface area contributed by atoms with Crippen LogP contribution in [0.2, 0.25) is 0 Å². The van der Waals surface area contributed by atoms with Crippen LogP contribution in [0.4, 0.5) is 0 Å². The molecule has 3 rings (SSSR count). The van der Waals surface area contributed by atoms with Crippen molar-refractivity contribution in [2.24, 2.45) is 0 Å². The molecule has 0 spiro atoms. The molecule has 2 aliphatic heterocycles. The van der Waals surface area contributed by atoms with Crippen LogP contribution in [0.3, 0.4) is 0 Å². The van der Waals surface area contributed by atoms with Crippen LogP contribution in [0.5, 0.6) is 0 Å². The lowest BCUT2D eigenvalue weighted by Gasteiger charge is -2.33. The Morgan fingerprint density at radius 2 is 2.04 bits per heavy atom. The van der Waals surface area contributed by atoms with E-state index in [1.165, 1.54) is 11.8 Å². The Morgan fingerprint density at radius 1 is 1.29 bits per heavy atom. The van der Waals surface area contributed by atoms with Gasteiger partial charge in [0.15, 0.2) is 9.84 Å². The zero-order valence-corrected chi connectivity index (χ0v) is 14.7. The molecule has 0 aliphatic carbocycles. The van der Waals surface area contributed by atoms with Gasteiger partial charge in [-0.2, -0.15) is 0 Å². The molecule has 1 aromatic rings. The SMILES string of the molecule is O=C(O)C1CN(C(=O)CSC2CCS(=O)(=O)C2)Cc2ccccc21. The van der Waals surface area contributed by atoms with Gasteiger partial charge in [-0.1, -0.05) is 24.3 Å². The minimum absolute atomic E-state index is 0.0358. The Morgan fingerprint density at radius 3 is 2.71 bits per heavy atom. The third kappa shape index (κ3) is 3.75. The first-order chi connectivity index (χ1) is 11.4. The number of hydrogen-bond donors (Lipinski definition) is 1. The number of carboxylic acid groups (broad SMARTS) is 1. The maximum absolute atomic E-state index is 12.5. The summed E-state index contributed by atoms with van der Waals surface area (Å²) in [5.74, 6) is -1.27. The summed E-state index contributed by atoms with van der Waals surface area (Å²) in [6.45, 7) is 0.566. The van der Waals surface area contributed by atoms with Gasteiger partial charge in [0.25, 0.3) is 0 Å². The maximum atomic E-state index is 12.5. The van der Waals surface area contributed by atoms with E-state index in [0.717, 1.165) is 11.1 Å². The summed E-state index contributed by atoms with van der Waals surface area (Å²) in [7, 11) is -2.95. The number of aliphatic carboxylic acids is 1. The molecular formula is C16H19NO5S2. The van der Waals surface area contributed by atoms with E-state index in [-0.39, 0.29) is 35.0 Å². The van der Waals surface area contributed by atoms with Crippen molar-refractivity contribution in [1.82, 2.24) is 4.90 Å². The maximum Gasteiger partial charge on any atom is 0.312 e. The van der Waals surface area contributed by atoms with E-state index in [1.54, 1.807) is 11.0 Å². The van der Waals surface area contributed by atoms with Gasteiger partial charge in [0.1, 0.15) is 0 Å². The van der Waals surface area contributed by atoms with Crippen molar-refractivity contribution in [3.63, 3.8) is 0 Å². The summed E-state index contributed by atoms with van der Waals surface area (Å²) in [6.07, 6.45) is 0.584. The number of sulfone groups is 1. The van der Waals surface area contributed by atoms with E-state index < -0.39 is 21.7 Å². The van der Waals surface area contributed by atoms with Crippen molar-refractivity contribution < 1.29 is 23.1 Å². The normalized spacial score (nSPS) is 25.2. The van der Waals surface area contributed by atoms with Crippen LogP contribution in [0.1, 0.15) is 23.5 Å². The first kappa shape index (κ1) is 17.3. The molecule has 1 saturated heterocycles. The first-order valence-electron chi connectivity index (χ1n) is 7.76. The summed E-state index contributed by atoms with van der Waals surface area (Å²) in [4.78, 5) is 25.5. The highest BCUT2D eigenvalue weighted by Gasteiger charge is 2.33. The molecule has 2 aliphatic rings. The lowest BCUT2D eigenvalue weighted by Crippen LogP contribution is -2.41. The molecular weight excluding hydrogens is 350 g/mol. The lowest BCUT2D eigenvalue weighted by atomic mass is 9.90. The van der Waals surface area contributed by atoms with Crippen LogP contribution in [-0.2, 0) is 26.0 Å². The molecule has 2 heterocycles. The highest BCUT2D eigenvalue weighted by Crippen LogP contribution is 2.30. The largest absolute Gasteiger partial charge is 0.481 e. The van der Waals surface area contributed by atoms with E-state index >= 15 is 0 Å². The summed E-state index contributed by atoms with van der Waals surface area (Å²) in [6, 6.07) is 7.29. The number of amides is 1. The van der Waals surface area contributed by atoms with Gasteiger partial charge in [0, 0.05) is 18.3 Å². The Bertz CT molecular complexity index is 761. The van der Waals surface area contributed by atoms with Gasteiger partial charge in [-0.05, 0) is 17.5 Å². The standard InChI is InChI=1S/C16H19NO5S2/c18-15(9-23-12-5-6-24(21,22)10-12)17-7-11-3-1-2-4-13(11)14(8-17)16(19)20/h1-4,12,14H,5-10H2,(H,19,20). The molecule has 0 aromatic heterocycles. The van der Waals surface area contributed by atoms with Gasteiger partial charge >= 0.3 is 5.97 Å². The molecule has 0 saturated carbocycles. The van der Waals surface area contributed by atoms with Crippen LogP contribution < -0.4 is 0 Å². The number of rotatable bonds is 4. The zero-order chi connectivity index (χ0) is 17.3. The van der Waals surface area contributed by atoms with Crippen molar-refractivity contribution in [2.45, 2.75) is 24.1 Å². The second-order valence-corrected chi connectivity index (χ2v) is 9.72. The molecule has 2 atom stereocenters. The second-order valence-electron chi connectivity index (χ2n) is 6.20. The molecule has 1 amide bonds. The van der Waals surface area contributed by atoms with E-state index in [1.807, 2.05) is 18.2 Å². The van der Waals surface area contributed by atoms with E-state index in [9.17, 15) is 23.1 Å². The summed E-state index contributed by atoms with van der Waals surface area (Å²) in [5, 5.41) is 9.40. The molecule has 1 N–H and O–H groups in total. The molecule has 6 nitrogen and oxygen atoms in total. The van der Waals surface area contributed by atoms with E-state index in [4.69, 9.17) is 0 Å². The number of benzene rings is 1. The van der Waals surface area contributed by atoms with Gasteiger partial charge in [-0.15, -0.1) is 11.8 Å². The topological polar surface area (TPSA) is 91.8 Å². The van der Waals surface area contributed by atoms with E-state index in [0.29, 0.717) is 13.0 Å². The zero-order valence-electron chi connectivity index (χ0n) is 13.1. The molecule has 1 fully saturated rings. The minimum Gasteiger partial charge on any atom is -0.481 e. The fourth-order valence-corrected chi connectivity index (χ4v) is 6.73. The van der Waals surface area contributed by atoms with Crippen molar-refractivity contribution in [3.05, 3.63) is 35.4 Å². The Kier molecular flexibility index (Phi) is 4.87. The third-order valence-electron chi connectivity index (χ3n) is 4.48. The molecule has 0 bridgehead atoms. The van der Waals surface area contributed by atoms with Gasteiger partial charge in [0.2, 0.25) is 5.91 Å². The predicted octanol–water partition coefficient (Wildman–Crippen LogP) is 1.12. The predicted molar refractivity (Wildman–Crippen MR) is 91.8 cm³/mol. The highest BCUT2D eigenvalue weighted by molar-refractivity contribution is 8.02. The van der Waals surface area contributed by atoms with Gasteiger partial charge < -0.3 is 10.0 Å². The minimum atomic E-state index is -2.95. The van der Waals surface area contributed by atoms with Crippen molar-refractivity contribution >= 4 is 33.5 Å². The van der Waals surface area contributed by atoms with Crippen LogP contribution in [0.15, 0.2) is 24.3 Å². The summed E-state index contributed by atoms with van der Waals surface area (Å²) >= 11 is 1.36. The number of fused-ring (bicyclic) bond motifs is 1. The Balaban J connectivity index is 1.65. The van der Waals surface area contributed by atoms with E-state index in [2.05, 4.69) is 0 Å². The van der Waals surface area contributed by atoms with Crippen LogP contribution in [0.25, 0.3) is 0 Å². The van der Waals surface area contributed by atoms with Crippen molar-refractivity contribution in [2.75, 3.05) is 23.8 Å². The monoisotopic (exact) mass is 369 g/mol. The number of carboxylic acids is 1. The highest BCUT2D eigenvalue weighted by atomic mass is 32.2. The summed E-state index contributed by atoms with van der Waals surface area (Å²) < 4.78 is 22.9. The summed E-state index contributed by atoms with van der Waals surface area (Å²) in [5.41, 5.74) is 1.63. The number of hydrogen-bond acceptors (Lipinski definition) is 5. The fraction of sp³-hybridized carbons (Fsp3) is 0.500. The average molecular weight is 369 g/mol. The molecule has 8 heteroatoms. The third-order valence-corrected chi connectivity index (χ3v) is 7.74. The fourth-order valence-electron chi connectivity index (χ4n) is 3.18. The number of nitrogens with zero attached hydrogens (tertiary/aromatic N) is 1. The quantitative estimate of drug-likeness (QED) is 0.855. The van der Waals surface area contributed by atoms with Crippen LogP contribution in [0, 0.1) is 0 Å². The average Bonchev–Trinajstić information content (AvgIpc) is 2.90. The molecule has 0 radical (unpaired) electrons. The van der Waals surface area contributed by atoms with Gasteiger partial charge in [0.05, 0.1) is 23.2 Å². The van der Waals surface area contributed by atoms with Crippen LogP contribution >= 0.6 is 11.8 Å². The first-order valence-corrected chi connectivity index (χ1v) is 10.6.